The van der Waals surface area contributed by atoms with Crippen LogP contribution in [-0.4, -0.2) is 60.4 Å². The van der Waals surface area contributed by atoms with Crippen LogP contribution in [0.3, 0.4) is 0 Å². The number of hydrogen-bond donors (Lipinski definition) is 2. The number of aryl methyl sites for hydroxylation is 2. The van der Waals surface area contributed by atoms with E-state index >= 15 is 0 Å². The van der Waals surface area contributed by atoms with Crippen molar-refractivity contribution in [1.29, 1.82) is 0 Å². The Kier molecular flexibility index (Phi) is 8.83. The molecule has 0 spiro atoms. The number of unbranched alkanes of at least 4 members (excludes halogenated alkanes) is 1. The van der Waals surface area contributed by atoms with Crippen molar-refractivity contribution in [2.75, 3.05) is 13.2 Å². The van der Waals surface area contributed by atoms with Gasteiger partial charge in [0.25, 0.3) is 5.56 Å². The second-order valence-electron chi connectivity index (χ2n) is 8.78. The predicted molar refractivity (Wildman–Crippen MR) is 129 cm³/mol. The van der Waals surface area contributed by atoms with E-state index in [1.54, 1.807) is 19.4 Å². The Hall–Kier alpha value is -3.09. The molecule has 0 radical (unpaired) electrons. The molecule has 1 aromatic carbocycles. The van der Waals surface area contributed by atoms with Gasteiger partial charge in [0, 0.05) is 37.3 Å². The second-order valence-corrected chi connectivity index (χ2v) is 8.78. The lowest BCUT2D eigenvalue weighted by Crippen LogP contribution is -2.45. The zero-order chi connectivity index (χ0) is 25.5. The highest BCUT2D eigenvalue weighted by Gasteiger charge is 2.45. The minimum absolute atomic E-state index is 0.233. The fourth-order valence-corrected chi connectivity index (χ4v) is 4.19. The molecule has 0 saturated carbocycles. The van der Waals surface area contributed by atoms with Crippen LogP contribution in [0.25, 0.3) is 0 Å². The molecule has 1 fully saturated rings. The molecule has 4 rings (SSSR count). The summed E-state index contributed by atoms with van der Waals surface area (Å²) in [4.78, 5) is 30.0. The van der Waals surface area contributed by atoms with Gasteiger partial charge in [-0.25, -0.2) is 14.3 Å². The first-order valence-electron chi connectivity index (χ1n) is 12.0. The first-order valence-corrected chi connectivity index (χ1v) is 12.0. The van der Waals surface area contributed by atoms with E-state index in [2.05, 4.69) is 4.98 Å². The molecule has 2 N–H and O–H groups in total. The summed E-state index contributed by atoms with van der Waals surface area (Å²) in [5.41, 5.74) is 0.0947. The highest BCUT2D eigenvalue weighted by molar-refractivity contribution is 5.13. The molecule has 1 saturated heterocycles. The number of nitrogens with zero attached hydrogens (tertiary/aromatic N) is 4. The van der Waals surface area contributed by atoms with Crippen molar-refractivity contribution in [3.8, 4) is 0 Å². The van der Waals surface area contributed by atoms with Gasteiger partial charge in [-0.1, -0.05) is 30.3 Å². The van der Waals surface area contributed by atoms with E-state index in [9.17, 15) is 19.8 Å². The smallest absolute Gasteiger partial charge is 0.335 e. The molecular formula is C25H32N4O7. The van der Waals surface area contributed by atoms with Gasteiger partial charge >= 0.3 is 5.69 Å². The highest BCUT2D eigenvalue weighted by Crippen LogP contribution is 2.31. The van der Waals surface area contributed by atoms with Gasteiger partial charge in [-0.15, -0.1) is 0 Å². The Bertz CT molecular complexity index is 1210. The maximum absolute atomic E-state index is 13.3. The molecule has 0 bridgehead atoms. The van der Waals surface area contributed by atoms with Crippen LogP contribution >= 0.6 is 0 Å². The van der Waals surface area contributed by atoms with Crippen LogP contribution in [-0.2, 0) is 34.1 Å². The van der Waals surface area contributed by atoms with Crippen molar-refractivity contribution in [3.63, 3.8) is 0 Å². The molecule has 11 nitrogen and oxygen atoms in total. The van der Waals surface area contributed by atoms with E-state index < -0.39 is 42.4 Å². The van der Waals surface area contributed by atoms with E-state index in [1.165, 1.54) is 10.8 Å². The van der Waals surface area contributed by atoms with Crippen LogP contribution in [0.5, 0.6) is 0 Å². The van der Waals surface area contributed by atoms with Gasteiger partial charge in [-0.05, 0) is 25.3 Å². The van der Waals surface area contributed by atoms with Crippen molar-refractivity contribution < 1.29 is 24.4 Å². The fourth-order valence-electron chi connectivity index (χ4n) is 4.19. The fraction of sp³-hybridized carbons (Fsp3) is 0.480. The van der Waals surface area contributed by atoms with Crippen molar-refractivity contribution in [1.82, 2.24) is 18.7 Å². The lowest BCUT2D eigenvalue weighted by Gasteiger charge is -2.23. The summed E-state index contributed by atoms with van der Waals surface area (Å²) in [6.07, 6.45) is 4.29. The summed E-state index contributed by atoms with van der Waals surface area (Å²) in [7, 11) is 0. The first kappa shape index (κ1) is 26.0. The summed E-state index contributed by atoms with van der Waals surface area (Å²) in [5, 5.41) is 20.4. The Labute approximate surface area is 208 Å². The standard InChI is InChI=1S/C25H32N4O7/c1-18-13-28(25(33)29(23(18)32)17-34-15-19-7-3-2-4-8-19)24-22(21(31)20(14-30)36-24)35-12-6-5-10-27-11-9-26-16-27/h2-4,7-9,11,13,16,20-22,24,30-31H,5-6,10,12,14-15,17H2,1H3/t20-,21?,22?,24-/m0/s1. The van der Waals surface area contributed by atoms with Crippen LogP contribution in [0.2, 0.25) is 0 Å². The largest absolute Gasteiger partial charge is 0.394 e. The van der Waals surface area contributed by atoms with Gasteiger partial charge in [0.2, 0.25) is 0 Å². The molecule has 3 heterocycles. The highest BCUT2D eigenvalue weighted by atomic mass is 16.6. The third-order valence-electron chi connectivity index (χ3n) is 6.15. The zero-order valence-electron chi connectivity index (χ0n) is 20.2. The molecule has 36 heavy (non-hydrogen) atoms. The van der Waals surface area contributed by atoms with E-state index in [0.29, 0.717) is 18.6 Å². The Balaban J connectivity index is 1.47. The average Bonchev–Trinajstić information content (AvgIpc) is 3.52. The Morgan fingerprint density at radius 1 is 1.17 bits per heavy atom. The zero-order valence-corrected chi connectivity index (χ0v) is 20.2. The molecule has 1 aliphatic heterocycles. The monoisotopic (exact) mass is 500 g/mol. The Morgan fingerprint density at radius 3 is 2.69 bits per heavy atom. The van der Waals surface area contributed by atoms with Gasteiger partial charge in [0.15, 0.2) is 6.23 Å². The van der Waals surface area contributed by atoms with E-state index in [1.807, 2.05) is 41.1 Å². The normalized spacial score (nSPS) is 21.8. The lowest BCUT2D eigenvalue weighted by atomic mass is 10.1. The number of aliphatic hydroxyl groups is 2. The lowest BCUT2D eigenvalue weighted by molar-refractivity contribution is -0.0764. The first-order chi connectivity index (χ1) is 17.5. The van der Waals surface area contributed by atoms with Crippen LogP contribution in [0.15, 0.2) is 64.8 Å². The number of ether oxygens (including phenoxy) is 3. The number of aliphatic hydroxyl groups excluding tert-OH is 2. The van der Waals surface area contributed by atoms with Gasteiger partial charge in [0.1, 0.15) is 25.0 Å². The number of imidazole rings is 1. The summed E-state index contributed by atoms with van der Waals surface area (Å²) in [6.45, 7) is 2.24. The maximum Gasteiger partial charge on any atom is 0.335 e. The van der Waals surface area contributed by atoms with Crippen LogP contribution in [0, 0.1) is 6.92 Å². The minimum Gasteiger partial charge on any atom is -0.394 e. The molecule has 0 aliphatic carbocycles. The number of rotatable bonds is 12. The van der Waals surface area contributed by atoms with E-state index in [4.69, 9.17) is 14.2 Å². The molecule has 0 amide bonds. The molecule has 3 aromatic rings. The van der Waals surface area contributed by atoms with Crippen molar-refractivity contribution in [3.05, 3.63) is 87.2 Å². The molecule has 4 atom stereocenters. The topological polar surface area (TPSA) is 130 Å². The molecule has 2 unspecified atom stereocenters. The van der Waals surface area contributed by atoms with Gasteiger partial charge in [-0.2, -0.15) is 0 Å². The molecule has 2 aromatic heterocycles. The summed E-state index contributed by atoms with van der Waals surface area (Å²) in [5.74, 6) is 0. The second kappa shape index (κ2) is 12.2. The van der Waals surface area contributed by atoms with Crippen LogP contribution in [0.1, 0.15) is 30.2 Å². The maximum atomic E-state index is 13.3. The van der Waals surface area contributed by atoms with E-state index in [-0.39, 0.29) is 13.3 Å². The third kappa shape index (κ3) is 6.00. The van der Waals surface area contributed by atoms with Crippen molar-refractivity contribution in [2.45, 2.75) is 64.2 Å². The quantitative estimate of drug-likeness (QED) is 0.350. The summed E-state index contributed by atoms with van der Waals surface area (Å²) >= 11 is 0. The molecule has 11 heteroatoms. The van der Waals surface area contributed by atoms with Crippen molar-refractivity contribution >= 4 is 0 Å². The predicted octanol–water partition coefficient (Wildman–Crippen LogP) is 0.805. The number of aromatic nitrogens is 4. The summed E-state index contributed by atoms with van der Waals surface area (Å²) in [6, 6.07) is 9.42. The van der Waals surface area contributed by atoms with Gasteiger partial charge < -0.3 is 29.0 Å². The third-order valence-corrected chi connectivity index (χ3v) is 6.15. The summed E-state index contributed by atoms with van der Waals surface area (Å²) < 4.78 is 21.6. The number of benzene rings is 1. The SMILES string of the molecule is Cc1cn([C@H]2O[C@@H](CO)C(O)C2OCCCCn2ccnc2)c(=O)n(COCc2ccccc2)c1=O. The number of hydrogen-bond acceptors (Lipinski definition) is 8. The van der Waals surface area contributed by atoms with Gasteiger partial charge in [-0.3, -0.25) is 9.36 Å². The molecule has 194 valence electrons. The Morgan fingerprint density at radius 2 is 1.97 bits per heavy atom. The van der Waals surface area contributed by atoms with Crippen LogP contribution < -0.4 is 11.2 Å². The minimum atomic E-state index is -1.14. The molecule has 1 aliphatic rings. The van der Waals surface area contributed by atoms with E-state index in [0.717, 1.165) is 23.1 Å². The van der Waals surface area contributed by atoms with Crippen LogP contribution in [0.4, 0.5) is 0 Å². The average molecular weight is 501 g/mol. The molecular weight excluding hydrogens is 468 g/mol. The van der Waals surface area contributed by atoms with Gasteiger partial charge in [0.05, 0.1) is 19.5 Å². The van der Waals surface area contributed by atoms with Crippen molar-refractivity contribution in [2.24, 2.45) is 0 Å².